The van der Waals surface area contributed by atoms with Gasteiger partial charge in [0.15, 0.2) is 5.71 Å². The van der Waals surface area contributed by atoms with Gasteiger partial charge >= 0.3 is 0 Å². The van der Waals surface area contributed by atoms with Crippen molar-refractivity contribution >= 4 is 22.2 Å². The summed E-state index contributed by atoms with van der Waals surface area (Å²) in [4.78, 5) is 0. The maximum Gasteiger partial charge on any atom is 0.210 e. The molecule has 0 fully saturated rings. The van der Waals surface area contributed by atoms with Crippen LogP contribution < -0.4 is 24.0 Å². The van der Waals surface area contributed by atoms with Crippen LogP contribution in [0.2, 0.25) is 0 Å². The molecular weight excluding hydrogens is 345 g/mol. The molecule has 0 N–H and O–H groups in total. The second kappa shape index (κ2) is 4.89. The molecule has 0 radical (unpaired) electrons. The molecule has 0 amide bonds. The third-order valence-electron chi connectivity index (χ3n) is 4.45. The number of benzene rings is 2. The summed E-state index contributed by atoms with van der Waals surface area (Å²) in [6, 6.07) is 13.2. The van der Waals surface area contributed by atoms with Crippen LogP contribution in [0.3, 0.4) is 0 Å². The number of nitrogens with zero attached hydrogens (tertiary/aromatic N) is 1. The summed E-state index contributed by atoms with van der Waals surface area (Å²) in [7, 11) is 0. The van der Waals surface area contributed by atoms with E-state index in [9.17, 15) is 0 Å². The first-order valence-corrected chi connectivity index (χ1v) is 6.71. The quantitative estimate of drug-likeness (QED) is 0.529. The Morgan fingerprint density at radius 3 is 2.42 bits per heavy atom. The van der Waals surface area contributed by atoms with Gasteiger partial charge in [0, 0.05) is 18.6 Å². The van der Waals surface area contributed by atoms with E-state index >= 15 is 0 Å². The lowest BCUT2D eigenvalue weighted by Crippen LogP contribution is -3.00. The first kappa shape index (κ1) is 14.5. The summed E-state index contributed by atoms with van der Waals surface area (Å²) in [6.07, 6.45) is 0. The summed E-state index contributed by atoms with van der Waals surface area (Å²) >= 11 is 0. The molecule has 19 heavy (non-hydrogen) atoms. The van der Waals surface area contributed by atoms with Gasteiger partial charge in [-0.1, -0.05) is 24.3 Å². The van der Waals surface area contributed by atoms with Gasteiger partial charge in [0.25, 0.3) is 0 Å². The first-order valence-electron chi connectivity index (χ1n) is 6.71. The zero-order chi connectivity index (χ0) is 12.9. The Labute approximate surface area is 132 Å². The van der Waals surface area contributed by atoms with Crippen molar-refractivity contribution in [3.8, 4) is 0 Å². The van der Waals surface area contributed by atoms with Crippen LogP contribution in [0.25, 0.3) is 10.8 Å². The Kier molecular flexibility index (Phi) is 3.74. The summed E-state index contributed by atoms with van der Waals surface area (Å²) in [6.45, 7) is 10.2. The molecule has 0 spiro atoms. The van der Waals surface area contributed by atoms with Crippen LogP contribution in [0.1, 0.15) is 33.3 Å². The minimum absolute atomic E-state index is 0. The third kappa shape index (κ3) is 1.92. The van der Waals surface area contributed by atoms with Crippen molar-refractivity contribution in [1.82, 2.24) is 0 Å². The van der Waals surface area contributed by atoms with Gasteiger partial charge in [0.1, 0.15) is 6.54 Å². The number of halogens is 1. The molecule has 0 saturated heterocycles. The minimum Gasteiger partial charge on any atom is -1.00 e. The average molecular weight is 365 g/mol. The molecule has 1 aliphatic heterocycles. The predicted octanol–water partition coefficient (Wildman–Crippen LogP) is 1.26. The fourth-order valence-corrected chi connectivity index (χ4v) is 3.25. The first-order chi connectivity index (χ1) is 8.57. The Balaban J connectivity index is 0.00000133. The maximum absolute atomic E-state index is 2.45. The minimum atomic E-state index is 0. The number of rotatable bonds is 1. The zero-order valence-corrected chi connectivity index (χ0v) is 14.2. The second-order valence-corrected chi connectivity index (χ2v) is 5.64. The summed E-state index contributed by atoms with van der Waals surface area (Å²) in [5, 5.41) is 2.74. The van der Waals surface area contributed by atoms with Crippen LogP contribution >= 0.6 is 0 Å². The number of hydrogen-bond donors (Lipinski definition) is 0. The third-order valence-corrected chi connectivity index (χ3v) is 4.45. The highest BCUT2D eigenvalue weighted by Crippen LogP contribution is 2.43. The van der Waals surface area contributed by atoms with Crippen LogP contribution in [-0.2, 0) is 5.41 Å². The Morgan fingerprint density at radius 2 is 1.74 bits per heavy atom. The van der Waals surface area contributed by atoms with Gasteiger partial charge in [-0.3, -0.25) is 0 Å². The van der Waals surface area contributed by atoms with E-state index < -0.39 is 0 Å². The highest BCUT2D eigenvalue weighted by molar-refractivity contribution is 6.01. The standard InChI is InChI=1S/C17H20N.HI/c1-5-18-12(2)17(3,4)16-14-9-7-6-8-13(14)10-11-15(16)18;/h6-11H,5H2,1-4H3;1H/q+1;/p-1. The summed E-state index contributed by atoms with van der Waals surface area (Å²) in [5.74, 6) is 0. The van der Waals surface area contributed by atoms with E-state index in [1.807, 2.05) is 0 Å². The van der Waals surface area contributed by atoms with Crippen molar-refractivity contribution in [2.45, 2.75) is 33.1 Å². The van der Waals surface area contributed by atoms with Crippen LogP contribution in [-0.4, -0.2) is 16.8 Å². The van der Waals surface area contributed by atoms with Gasteiger partial charge in [-0.15, -0.1) is 0 Å². The lowest BCUT2D eigenvalue weighted by molar-refractivity contribution is -0.434. The van der Waals surface area contributed by atoms with E-state index in [0.717, 1.165) is 6.54 Å². The molecular formula is C17H20IN. The fraction of sp³-hybridized carbons (Fsp3) is 0.353. The lowest BCUT2D eigenvalue weighted by atomic mass is 9.80. The van der Waals surface area contributed by atoms with Crippen molar-refractivity contribution in [2.24, 2.45) is 0 Å². The van der Waals surface area contributed by atoms with E-state index in [-0.39, 0.29) is 29.4 Å². The van der Waals surface area contributed by atoms with Crippen LogP contribution in [0.4, 0.5) is 5.69 Å². The molecule has 1 nitrogen and oxygen atoms in total. The zero-order valence-electron chi connectivity index (χ0n) is 12.0. The van der Waals surface area contributed by atoms with E-state index in [1.165, 1.54) is 27.7 Å². The Hall–Kier alpha value is -0.900. The van der Waals surface area contributed by atoms with Gasteiger partial charge in [-0.2, -0.15) is 4.58 Å². The SMILES string of the molecule is CC[N+]1=C(C)C(C)(C)c2c1ccc1ccccc21.[I-]. The molecule has 1 heterocycles. The predicted molar refractivity (Wildman–Crippen MR) is 78.1 cm³/mol. The molecule has 0 saturated carbocycles. The normalized spacial score (nSPS) is 16.4. The van der Waals surface area contributed by atoms with Crippen LogP contribution in [0.5, 0.6) is 0 Å². The highest BCUT2D eigenvalue weighted by atomic mass is 127. The van der Waals surface area contributed by atoms with Crippen molar-refractivity contribution in [3.05, 3.63) is 42.0 Å². The smallest absolute Gasteiger partial charge is 0.210 e. The van der Waals surface area contributed by atoms with Gasteiger partial charge in [-0.05, 0) is 37.6 Å². The molecule has 2 aromatic rings. The molecule has 0 aromatic heterocycles. The number of fused-ring (bicyclic) bond motifs is 3. The molecule has 2 heteroatoms. The Bertz CT molecular complexity index is 668. The molecule has 1 aliphatic rings. The molecule has 100 valence electrons. The number of hydrogen-bond acceptors (Lipinski definition) is 0. The summed E-state index contributed by atoms with van der Waals surface area (Å²) < 4.78 is 2.45. The van der Waals surface area contributed by atoms with Gasteiger partial charge < -0.3 is 24.0 Å². The molecule has 0 atom stereocenters. The fourth-order valence-electron chi connectivity index (χ4n) is 3.25. The van der Waals surface area contributed by atoms with E-state index in [0.29, 0.717) is 0 Å². The average Bonchev–Trinajstić information content (AvgIpc) is 2.57. The molecule has 0 bridgehead atoms. The second-order valence-electron chi connectivity index (χ2n) is 5.64. The van der Waals surface area contributed by atoms with Crippen LogP contribution in [0.15, 0.2) is 36.4 Å². The monoisotopic (exact) mass is 365 g/mol. The maximum atomic E-state index is 2.45. The lowest BCUT2D eigenvalue weighted by Gasteiger charge is -2.17. The van der Waals surface area contributed by atoms with Crippen molar-refractivity contribution < 1.29 is 28.6 Å². The molecule has 3 rings (SSSR count). The van der Waals surface area contributed by atoms with Gasteiger partial charge in [0.05, 0.1) is 5.41 Å². The van der Waals surface area contributed by atoms with Crippen molar-refractivity contribution in [3.63, 3.8) is 0 Å². The Morgan fingerprint density at radius 1 is 1.05 bits per heavy atom. The van der Waals surface area contributed by atoms with E-state index in [1.54, 1.807) is 0 Å². The molecule has 2 aromatic carbocycles. The summed E-state index contributed by atoms with van der Waals surface area (Å²) in [5.41, 5.74) is 4.46. The molecule has 0 aliphatic carbocycles. The van der Waals surface area contributed by atoms with Crippen LogP contribution in [0, 0.1) is 0 Å². The van der Waals surface area contributed by atoms with Gasteiger partial charge in [-0.25, -0.2) is 0 Å². The highest BCUT2D eigenvalue weighted by Gasteiger charge is 2.43. The van der Waals surface area contributed by atoms with Crippen molar-refractivity contribution in [1.29, 1.82) is 0 Å². The van der Waals surface area contributed by atoms with E-state index in [2.05, 4.69) is 68.7 Å². The topological polar surface area (TPSA) is 3.01 Å². The largest absolute Gasteiger partial charge is 1.00 e. The van der Waals surface area contributed by atoms with E-state index in [4.69, 9.17) is 0 Å². The van der Waals surface area contributed by atoms with Gasteiger partial charge in [0.2, 0.25) is 5.69 Å². The molecule has 0 unspecified atom stereocenters. The van der Waals surface area contributed by atoms with Crippen molar-refractivity contribution in [2.75, 3.05) is 6.54 Å².